The van der Waals surface area contributed by atoms with Crippen molar-refractivity contribution in [3.05, 3.63) is 29.8 Å². The summed E-state index contributed by atoms with van der Waals surface area (Å²) in [7, 11) is 0. The van der Waals surface area contributed by atoms with E-state index >= 15 is 0 Å². The smallest absolute Gasteiger partial charge is 0.258 e. The number of hydrogen-bond donors (Lipinski definition) is 1. The molecule has 1 saturated heterocycles. The van der Waals surface area contributed by atoms with Gasteiger partial charge in [-0.1, -0.05) is 17.7 Å². The van der Waals surface area contributed by atoms with Gasteiger partial charge in [-0.2, -0.15) is 0 Å². The van der Waals surface area contributed by atoms with Crippen LogP contribution in [0.4, 0.5) is 0 Å². The van der Waals surface area contributed by atoms with E-state index in [0.29, 0.717) is 31.9 Å². The molecule has 3 amide bonds. The van der Waals surface area contributed by atoms with Crippen molar-refractivity contribution in [1.29, 1.82) is 0 Å². The first-order valence-corrected chi connectivity index (χ1v) is 7.95. The van der Waals surface area contributed by atoms with Gasteiger partial charge in [-0.3, -0.25) is 14.4 Å². The van der Waals surface area contributed by atoms with Crippen LogP contribution in [0.2, 0.25) is 0 Å². The SMILES string of the molecule is CC(=O)N1CCN(C(=O)CNC(=O)COc2ccc(C)cc2)CC1. The number of ether oxygens (including phenoxy) is 1. The Morgan fingerprint density at radius 2 is 1.62 bits per heavy atom. The predicted octanol–water partition coefficient (Wildman–Crippen LogP) is 0.181. The number of carbonyl (C=O) groups is 3. The second-order valence-electron chi connectivity index (χ2n) is 5.77. The van der Waals surface area contributed by atoms with Crippen LogP contribution < -0.4 is 10.1 Å². The van der Waals surface area contributed by atoms with Gasteiger partial charge < -0.3 is 19.9 Å². The maximum Gasteiger partial charge on any atom is 0.258 e. The first-order valence-electron chi connectivity index (χ1n) is 7.95. The molecule has 0 aliphatic carbocycles. The summed E-state index contributed by atoms with van der Waals surface area (Å²) in [6, 6.07) is 7.39. The quantitative estimate of drug-likeness (QED) is 0.834. The Morgan fingerprint density at radius 3 is 2.21 bits per heavy atom. The highest BCUT2D eigenvalue weighted by Crippen LogP contribution is 2.10. The van der Waals surface area contributed by atoms with E-state index in [2.05, 4.69) is 5.32 Å². The molecular weight excluding hydrogens is 310 g/mol. The van der Waals surface area contributed by atoms with Crippen LogP contribution >= 0.6 is 0 Å². The molecule has 0 bridgehead atoms. The van der Waals surface area contributed by atoms with Gasteiger partial charge >= 0.3 is 0 Å². The molecule has 0 unspecified atom stereocenters. The fraction of sp³-hybridized carbons (Fsp3) is 0.471. The zero-order valence-electron chi connectivity index (χ0n) is 14.1. The number of hydrogen-bond acceptors (Lipinski definition) is 4. The van der Waals surface area contributed by atoms with Gasteiger partial charge in [0.2, 0.25) is 11.8 Å². The maximum absolute atomic E-state index is 12.1. The number of nitrogens with zero attached hydrogens (tertiary/aromatic N) is 2. The van der Waals surface area contributed by atoms with Crippen molar-refractivity contribution in [3.63, 3.8) is 0 Å². The van der Waals surface area contributed by atoms with Gasteiger partial charge in [0.1, 0.15) is 5.75 Å². The van der Waals surface area contributed by atoms with E-state index in [4.69, 9.17) is 4.74 Å². The second-order valence-corrected chi connectivity index (χ2v) is 5.77. The van der Waals surface area contributed by atoms with Crippen molar-refractivity contribution in [3.8, 4) is 5.75 Å². The average Bonchev–Trinajstić information content (AvgIpc) is 2.59. The molecule has 0 saturated carbocycles. The van der Waals surface area contributed by atoms with Crippen LogP contribution in [0.25, 0.3) is 0 Å². The Hall–Kier alpha value is -2.57. The van der Waals surface area contributed by atoms with E-state index in [1.165, 1.54) is 6.92 Å². The van der Waals surface area contributed by atoms with Gasteiger partial charge in [0.25, 0.3) is 5.91 Å². The van der Waals surface area contributed by atoms with Crippen molar-refractivity contribution >= 4 is 17.7 Å². The Bertz CT molecular complexity index is 592. The molecule has 0 spiro atoms. The largest absolute Gasteiger partial charge is 0.484 e. The molecule has 1 aliphatic rings. The molecule has 1 aromatic rings. The minimum absolute atomic E-state index is 0.0173. The topological polar surface area (TPSA) is 79.0 Å². The molecule has 7 nitrogen and oxygen atoms in total. The fourth-order valence-corrected chi connectivity index (χ4v) is 2.39. The van der Waals surface area contributed by atoms with E-state index in [1.54, 1.807) is 21.9 Å². The number of amides is 3. The molecule has 7 heteroatoms. The Morgan fingerprint density at radius 1 is 1.04 bits per heavy atom. The maximum atomic E-state index is 12.1. The molecule has 24 heavy (non-hydrogen) atoms. The summed E-state index contributed by atoms with van der Waals surface area (Å²) < 4.78 is 5.36. The highest BCUT2D eigenvalue weighted by atomic mass is 16.5. The van der Waals surface area contributed by atoms with Crippen LogP contribution in [-0.4, -0.2) is 66.9 Å². The molecule has 0 radical (unpaired) electrons. The molecule has 1 fully saturated rings. The minimum Gasteiger partial charge on any atom is -0.484 e. The van der Waals surface area contributed by atoms with Gasteiger partial charge in [-0.25, -0.2) is 0 Å². The summed E-state index contributed by atoms with van der Waals surface area (Å²) in [5.74, 6) is 0.138. The van der Waals surface area contributed by atoms with Crippen molar-refractivity contribution < 1.29 is 19.1 Å². The third-order valence-corrected chi connectivity index (χ3v) is 3.91. The number of rotatable bonds is 5. The molecule has 1 heterocycles. The standard InChI is InChI=1S/C17H23N3O4/c1-13-3-5-15(6-4-13)24-12-16(22)18-11-17(23)20-9-7-19(8-10-20)14(2)21/h3-6H,7-12H2,1-2H3,(H,18,22). The van der Waals surface area contributed by atoms with Gasteiger partial charge in [0.05, 0.1) is 6.54 Å². The van der Waals surface area contributed by atoms with Crippen LogP contribution in [-0.2, 0) is 14.4 Å². The van der Waals surface area contributed by atoms with Crippen LogP contribution in [0.15, 0.2) is 24.3 Å². The lowest BCUT2D eigenvalue weighted by Gasteiger charge is -2.34. The normalized spacial score (nSPS) is 14.2. The average molecular weight is 333 g/mol. The van der Waals surface area contributed by atoms with Crippen molar-refractivity contribution in [2.45, 2.75) is 13.8 Å². The Balaban J connectivity index is 1.67. The molecule has 1 aliphatic heterocycles. The van der Waals surface area contributed by atoms with Crippen LogP contribution in [0.3, 0.4) is 0 Å². The molecule has 0 aromatic heterocycles. The van der Waals surface area contributed by atoms with Crippen LogP contribution in [0, 0.1) is 6.92 Å². The lowest BCUT2D eigenvalue weighted by Crippen LogP contribution is -2.52. The molecule has 0 atom stereocenters. The van der Waals surface area contributed by atoms with Gasteiger partial charge in [-0.15, -0.1) is 0 Å². The summed E-state index contributed by atoms with van der Waals surface area (Å²) in [6.07, 6.45) is 0. The third-order valence-electron chi connectivity index (χ3n) is 3.91. The minimum atomic E-state index is -0.341. The number of aryl methyl sites for hydroxylation is 1. The summed E-state index contributed by atoms with van der Waals surface area (Å²) in [5.41, 5.74) is 1.11. The van der Waals surface area contributed by atoms with Crippen LogP contribution in [0.1, 0.15) is 12.5 Å². The van der Waals surface area contributed by atoms with Crippen LogP contribution in [0.5, 0.6) is 5.75 Å². The van der Waals surface area contributed by atoms with Gasteiger partial charge in [0.15, 0.2) is 6.61 Å². The van der Waals surface area contributed by atoms with Crippen molar-refractivity contribution in [2.75, 3.05) is 39.3 Å². The van der Waals surface area contributed by atoms with Crippen molar-refractivity contribution in [2.24, 2.45) is 0 Å². The second kappa shape index (κ2) is 8.33. The third kappa shape index (κ3) is 5.26. The Kier molecular flexibility index (Phi) is 6.17. The zero-order chi connectivity index (χ0) is 17.5. The van der Waals surface area contributed by atoms with E-state index in [0.717, 1.165) is 5.56 Å². The van der Waals surface area contributed by atoms with E-state index in [9.17, 15) is 14.4 Å². The molecule has 1 N–H and O–H groups in total. The summed E-state index contributed by atoms with van der Waals surface area (Å²) in [5, 5.41) is 2.56. The predicted molar refractivity (Wildman–Crippen MR) is 88.5 cm³/mol. The summed E-state index contributed by atoms with van der Waals surface area (Å²) in [4.78, 5) is 38.4. The van der Waals surface area contributed by atoms with Gasteiger partial charge in [-0.05, 0) is 19.1 Å². The first-order chi connectivity index (χ1) is 11.5. The fourth-order valence-electron chi connectivity index (χ4n) is 2.39. The van der Waals surface area contributed by atoms with Gasteiger partial charge in [0, 0.05) is 33.1 Å². The molecule has 1 aromatic carbocycles. The van der Waals surface area contributed by atoms with E-state index < -0.39 is 0 Å². The lowest BCUT2D eigenvalue weighted by molar-refractivity contribution is -0.138. The summed E-state index contributed by atoms with van der Waals surface area (Å²) >= 11 is 0. The number of piperazine rings is 1. The molecular formula is C17H23N3O4. The number of carbonyl (C=O) groups excluding carboxylic acids is 3. The van der Waals surface area contributed by atoms with Crippen molar-refractivity contribution in [1.82, 2.24) is 15.1 Å². The molecule has 2 rings (SSSR count). The van der Waals surface area contributed by atoms with E-state index in [-0.39, 0.29) is 30.9 Å². The monoisotopic (exact) mass is 333 g/mol. The summed E-state index contributed by atoms with van der Waals surface area (Å²) in [6.45, 7) is 5.36. The molecule has 130 valence electrons. The highest BCUT2D eigenvalue weighted by Gasteiger charge is 2.22. The lowest BCUT2D eigenvalue weighted by atomic mass is 10.2. The number of nitrogens with one attached hydrogen (secondary N) is 1. The first kappa shape index (κ1) is 17.8. The Labute approximate surface area is 141 Å². The highest BCUT2D eigenvalue weighted by molar-refractivity contribution is 5.85. The number of benzene rings is 1. The van der Waals surface area contributed by atoms with E-state index in [1.807, 2.05) is 19.1 Å². The zero-order valence-corrected chi connectivity index (χ0v) is 14.1.